The number of halogens is 1. The van der Waals surface area contributed by atoms with Crippen molar-refractivity contribution in [2.24, 2.45) is 0 Å². The minimum atomic E-state index is -0.275. The molecule has 3 nitrogen and oxygen atoms in total. The fourth-order valence-corrected chi connectivity index (χ4v) is 1.60. The van der Waals surface area contributed by atoms with Gasteiger partial charge in [0, 0.05) is 5.56 Å². The van der Waals surface area contributed by atoms with Crippen LogP contribution in [0.4, 0.5) is 4.39 Å². The second-order valence-corrected chi connectivity index (χ2v) is 3.63. The number of fused-ring (bicyclic) bond motifs is 1. The summed E-state index contributed by atoms with van der Waals surface area (Å²) in [6.07, 6.45) is 0. The molecule has 0 aliphatic carbocycles. The Morgan fingerprint density at radius 1 is 0.765 bits per heavy atom. The standard InChI is InChI=1S/C13H8FN3/c14-10-7-5-9(6-8-10)13-15-11-3-1-2-4-12(11)16-17-13/h1-8H. The Morgan fingerprint density at radius 3 is 2.24 bits per heavy atom. The third-order valence-corrected chi connectivity index (χ3v) is 2.46. The molecule has 0 fully saturated rings. The average Bonchev–Trinajstić information content (AvgIpc) is 2.39. The Hall–Kier alpha value is -2.36. The molecule has 0 unspecified atom stereocenters. The molecule has 3 aromatic rings. The van der Waals surface area contributed by atoms with E-state index in [0.717, 1.165) is 16.6 Å². The number of aromatic nitrogens is 3. The minimum Gasteiger partial charge on any atom is -0.225 e. The van der Waals surface area contributed by atoms with E-state index in [1.165, 1.54) is 12.1 Å². The van der Waals surface area contributed by atoms with E-state index in [2.05, 4.69) is 15.2 Å². The van der Waals surface area contributed by atoms with Crippen molar-refractivity contribution in [2.45, 2.75) is 0 Å². The predicted molar refractivity (Wildman–Crippen MR) is 62.7 cm³/mol. The van der Waals surface area contributed by atoms with Crippen LogP contribution in [0.2, 0.25) is 0 Å². The van der Waals surface area contributed by atoms with Gasteiger partial charge in [0.2, 0.25) is 0 Å². The number of hydrogen-bond donors (Lipinski definition) is 0. The molecule has 1 aromatic heterocycles. The van der Waals surface area contributed by atoms with Crippen LogP contribution in [0.3, 0.4) is 0 Å². The lowest BCUT2D eigenvalue weighted by molar-refractivity contribution is 0.628. The smallest absolute Gasteiger partial charge is 0.182 e. The summed E-state index contributed by atoms with van der Waals surface area (Å²) in [4.78, 5) is 4.38. The number of rotatable bonds is 1. The molecular formula is C13H8FN3. The van der Waals surface area contributed by atoms with Gasteiger partial charge in [-0.2, -0.15) is 0 Å². The van der Waals surface area contributed by atoms with E-state index in [1.807, 2.05) is 24.3 Å². The first-order valence-electron chi connectivity index (χ1n) is 5.18. The van der Waals surface area contributed by atoms with Crippen LogP contribution in [0.5, 0.6) is 0 Å². The zero-order chi connectivity index (χ0) is 11.7. The van der Waals surface area contributed by atoms with Gasteiger partial charge in [-0.05, 0) is 36.4 Å². The molecule has 0 aliphatic rings. The van der Waals surface area contributed by atoms with E-state index < -0.39 is 0 Å². The Labute approximate surface area is 97.0 Å². The molecule has 0 radical (unpaired) electrons. The summed E-state index contributed by atoms with van der Waals surface area (Å²) in [7, 11) is 0. The predicted octanol–water partition coefficient (Wildman–Crippen LogP) is 2.83. The highest BCUT2D eigenvalue weighted by Gasteiger charge is 2.03. The highest BCUT2D eigenvalue weighted by molar-refractivity contribution is 5.75. The molecule has 0 spiro atoms. The van der Waals surface area contributed by atoms with Crippen molar-refractivity contribution in [1.82, 2.24) is 15.2 Å². The first-order valence-corrected chi connectivity index (χ1v) is 5.18. The second-order valence-electron chi connectivity index (χ2n) is 3.63. The monoisotopic (exact) mass is 225 g/mol. The van der Waals surface area contributed by atoms with Crippen molar-refractivity contribution in [1.29, 1.82) is 0 Å². The molecule has 82 valence electrons. The highest BCUT2D eigenvalue weighted by Crippen LogP contribution is 2.16. The van der Waals surface area contributed by atoms with Gasteiger partial charge in [0.25, 0.3) is 0 Å². The lowest BCUT2D eigenvalue weighted by atomic mass is 10.2. The van der Waals surface area contributed by atoms with Gasteiger partial charge in [-0.1, -0.05) is 12.1 Å². The molecule has 0 bridgehead atoms. The lowest BCUT2D eigenvalue weighted by Crippen LogP contribution is -1.93. The average molecular weight is 225 g/mol. The molecule has 0 amide bonds. The molecule has 1 heterocycles. The summed E-state index contributed by atoms with van der Waals surface area (Å²) in [6.45, 7) is 0. The topological polar surface area (TPSA) is 38.7 Å². The maximum absolute atomic E-state index is 12.8. The molecule has 2 aromatic carbocycles. The van der Waals surface area contributed by atoms with Crippen molar-refractivity contribution in [2.75, 3.05) is 0 Å². The first kappa shape index (κ1) is 9.84. The SMILES string of the molecule is Fc1ccc(-c2nnc3ccccc3n2)cc1. The van der Waals surface area contributed by atoms with Crippen LogP contribution in [0.25, 0.3) is 22.4 Å². The summed E-state index contributed by atoms with van der Waals surface area (Å²) >= 11 is 0. The summed E-state index contributed by atoms with van der Waals surface area (Å²) in [6, 6.07) is 13.5. The molecule has 4 heteroatoms. The molecule has 0 saturated heterocycles. The van der Waals surface area contributed by atoms with Crippen LogP contribution in [0, 0.1) is 5.82 Å². The van der Waals surface area contributed by atoms with E-state index in [-0.39, 0.29) is 5.82 Å². The summed E-state index contributed by atoms with van der Waals surface area (Å²) in [5.41, 5.74) is 2.28. The molecule has 0 saturated carbocycles. The van der Waals surface area contributed by atoms with Gasteiger partial charge < -0.3 is 0 Å². The third kappa shape index (κ3) is 1.85. The molecular weight excluding hydrogens is 217 g/mol. The lowest BCUT2D eigenvalue weighted by Gasteiger charge is -2.00. The number of nitrogens with zero attached hydrogens (tertiary/aromatic N) is 3. The van der Waals surface area contributed by atoms with Crippen LogP contribution in [-0.2, 0) is 0 Å². The largest absolute Gasteiger partial charge is 0.225 e. The molecule has 3 rings (SSSR count). The van der Waals surface area contributed by atoms with Crippen molar-refractivity contribution in [3.8, 4) is 11.4 Å². The normalized spacial score (nSPS) is 10.6. The summed E-state index contributed by atoms with van der Waals surface area (Å²) < 4.78 is 12.8. The Morgan fingerprint density at radius 2 is 1.47 bits per heavy atom. The number of hydrogen-bond acceptors (Lipinski definition) is 3. The van der Waals surface area contributed by atoms with Gasteiger partial charge >= 0.3 is 0 Å². The van der Waals surface area contributed by atoms with E-state index in [4.69, 9.17) is 0 Å². The molecule has 0 N–H and O–H groups in total. The van der Waals surface area contributed by atoms with Gasteiger partial charge in [-0.15, -0.1) is 10.2 Å². The molecule has 0 aliphatic heterocycles. The minimum absolute atomic E-state index is 0.275. The van der Waals surface area contributed by atoms with Crippen molar-refractivity contribution in [3.05, 3.63) is 54.3 Å². The Balaban J connectivity index is 2.14. The number of benzene rings is 2. The second kappa shape index (κ2) is 3.90. The zero-order valence-electron chi connectivity index (χ0n) is 8.84. The van der Waals surface area contributed by atoms with Crippen LogP contribution >= 0.6 is 0 Å². The zero-order valence-corrected chi connectivity index (χ0v) is 8.84. The maximum Gasteiger partial charge on any atom is 0.182 e. The van der Waals surface area contributed by atoms with Gasteiger partial charge in [0.05, 0.1) is 5.52 Å². The van der Waals surface area contributed by atoms with Crippen molar-refractivity contribution in [3.63, 3.8) is 0 Å². The van der Waals surface area contributed by atoms with E-state index in [9.17, 15) is 4.39 Å². The van der Waals surface area contributed by atoms with Crippen LogP contribution in [0.1, 0.15) is 0 Å². The van der Waals surface area contributed by atoms with Crippen LogP contribution in [0.15, 0.2) is 48.5 Å². The van der Waals surface area contributed by atoms with E-state index in [1.54, 1.807) is 12.1 Å². The van der Waals surface area contributed by atoms with Gasteiger partial charge in [0.1, 0.15) is 11.3 Å². The quantitative estimate of drug-likeness (QED) is 0.639. The third-order valence-electron chi connectivity index (χ3n) is 2.46. The highest BCUT2D eigenvalue weighted by atomic mass is 19.1. The molecule has 0 atom stereocenters. The Kier molecular flexibility index (Phi) is 2.26. The van der Waals surface area contributed by atoms with E-state index >= 15 is 0 Å². The van der Waals surface area contributed by atoms with E-state index in [0.29, 0.717) is 5.82 Å². The fourth-order valence-electron chi connectivity index (χ4n) is 1.60. The molecule has 17 heavy (non-hydrogen) atoms. The van der Waals surface area contributed by atoms with Gasteiger partial charge in [0.15, 0.2) is 5.82 Å². The first-order chi connectivity index (χ1) is 8.33. The van der Waals surface area contributed by atoms with Gasteiger partial charge in [-0.3, -0.25) is 0 Å². The summed E-state index contributed by atoms with van der Waals surface area (Å²) in [5, 5.41) is 8.10. The van der Waals surface area contributed by atoms with Crippen LogP contribution < -0.4 is 0 Å². The number of para-hydroxylation sites is 1. The van der Waals surface area contributed by atoms with Crippen molar-refractivity contribution >= 4 is 11.0 Å². The fraction of sp³-hybridized carbons (Fsp3) is 0. The Bertz CT molecular complexity index is 665. The van der Waals surface area contributed by atoms with Crippen LogP contribution in [-0.4, -0.2) is 15.2 Å². The maximum atomic E-state index is 12.8. The van der Waals surface area contributed by atoms with Crippen molar-refractivity contribution < 1.29 is 4.39 Å². The summed E-state index contributed by atoms with van der Waals surface area (Å²) in [5.74, 6) is 0.228. The van der Waals surface area contributed by atoms with Gasteiger partial charge in [-0.25, -0.2) is 9.37 Å².